The van der Waals surface area contributed by atoms with Gasteiger partial charge in [0.05, 0.1) is 0 Å². The first-order chi connectivity index (χ1) is 6.04. The SMILES string of the molecule is CNC1CCCN(C(C)(C)C)CC1. The molecule has 2 nitrogen and oxygen atoms in total. The van der Waals surface area contributed by atoms with Crippen LogP contribution in [-0.4, -0.2) is 36.6 Å². The molecule has 1 aliphatic rings. The molecule has 1 rings (SSSR count). The summed E-state index contributed by atoms with van der Waals surface area (Å²) < 4.78 is 0. The van der Waals surface area contributed by atoms with Crippen molar-refractivity contribution >= 4 is 0 Å². The van der Waals surface area contributed by atoms with Crippen LogP contribution >= 0.6 is 0 Å². The molecule has 1 heterocycles. The van der Waals surface area contributed by atoms with Gasteiger partial charge in [0, 0.05) is 18.1 Å². The smallest absolute Gasteiger partial charge is 0.0125 e. The topological polar surface area (TPSA) is 15.3 Å². The van der Waals surface area contributed by atoms with Gasteiger partial charge in [0.1, 0.15) is 0 Å². The van der Waals surface area contributed by atoms with E-state index in [1.54, 1.807) is 0 Å². The second-order valence-corrected chi connectivity index (χ2v) is 5.07. The zero-order valence-electron chi connectivity index (χ0n) is 9.56. The fourth-order valence-corrected chi connectivity index (χ4v) is 2.06. The van der Waals surface area contributed by atoms with E-state index in [0.29, 0.717) is 5.54 Å². The summed E-state index contributed by atoms with van der Waals surface area (Å²) in [4.78, 5) is 2.60. The van der Waals surface area contributed by atoms with Gasteiger partial charge in [0.15, 0.2) is 0 Å². The van der Waals surface area contributed by atoms with Crippen molar-refractivity contribution < 1.29 is 0 Å². The molecule has 0 amide bonds. The first-order valence-electron chi connectivity index (χ1n) is 5.46. The van der Waals surface area contributed by atoms with E-state index in [-0.39, 0.29) is 0 Å². The second kappa shape index (κ2) is 4.43. The molecule has 78 valence electrons. The molecule has 1 aliphatic heterocycles. The first-order valence-corrected chi connectivity index (χ1v) is 5.46. The third kappa shape index (κ3) is 3.28. The van der Waals surface area contributed by atoms with Gasteiger partial charge in [-0.15, -0.1) is 0 Å². The van der Waals surface area contributed by atoms with Gasteiger partial charge >= 0.3 is 0 Å². The zero-order chi connectivity index (χ0) is 9.90. The standard InChI is InChI=1S/C11H24N2/c1-11(2,3)13-8-5-6-10(12-4)7-9-13/h10,12H,5-9H2,1-4H3. The molecule has 0 saturated carbocycles. The Morgan fingerprint density at radius 2 is 1.85 bits per heavy atom. The molecule has 1 unspecified atom stereocenters. The second-order valence-electron chi connectivity index (χ2n) is 5.07. The van der Waals surface area contributed by atoms with E-state index >= 15 is 0 Å². The number of hydrogen-bond donors (Lipinski definition) is 1. The Morgan fingerprint density at radius 1 is 1.15 bits per heavy atom. The first kappa shape index (κ1) is 11.0. The minimum Gasteiger partial charge on any atom is -0.317 e. The number of nitrogens with zero attached hydrogens (tertiary/aromatic N) is 1. The van der Waals surface area contributed by atoms with Crippen LogP contribution in [0.1, 0.15) is 40.0 Å². The maximum absolute atomic E-state index is 3.39. The van der Waals surface area contributed by atoms with E-state index in [1.807, 2.05) is 0 Å². The van der Waals surface area contributed by atoms with Crippen LogP contribution in [0.25, 0.3) is 0 Å². The van der Waals surface area contributed by atoms with E-state index in [1.165, 1.54) is 32.4 Å². The van der Waals surface area contributed by atoms with Crippen LogP contribution in [0, 0.1) is 0 Å². The van der Waals surface area contributed by atoms with Gasteiger partial charge in [-0.05, 0) is 53.6 Å². The van der Waals surface area contributed by atoms with Crippen LogP contribution in [0.5, 0.6) is 0 Å². The van der Waals surface area contributed by atoms with E-state index in [2.05, 4.69) is 38.0 Å². The van der Waals surface area contributed by atoms with Crippen molar-refractivity contribution in [3.63, 3.8) is 0 Å². The van der Waals surface area contributed by atoms with Crippen molar-refractivity contribution in [3.8, 4) is 0 Å². The van der Waals surface area contributed by atoms with Crippen molar-refractivity contribution in [2.24, 2.45) is 0 Å². The molecule has 2 heteroatoms. The molecule has 1 saturated heterocycles. The molecule has 0 radical (unpaired) electrons. The summed E-state index contributed by atoms with van der Waals surface area (Å²) in [5.74, 6) is 0. The van der Waals surface area contributed by atoms with Gasteiger partial charge in [-0.25, -0.2) is 0 Å². The Labute approximate surface area is 82.7 Å². The maximum Gasteiger partial charge on any atom is 0.0125 e. The number of likely N-dealkylation sites (tertiary alicyclic amines) is 1. The molecule has 1 fully saturated rings. The lowest BCUT2D eigenvalue weighted by Crippen LogP contribution is -2.42. The van der Waals surface area contributed by atoms with Crippen molar-refractivity contribution in [2.45, 2.75) is 51.6 Å². The van der Waals surface area contributed by atoms with Crippen LogP contribution < -0.4 is 5.32 Å². The molecule has 0 bridgehead atoms. The molecule has 1 atom stereocenters. The lowest BCUT2D eigenvalue weighted by atomic mass is 10.1. The summed E-state index contributed by atoms with van der Waals surface area (Å²) >= 11 is 0. The van der Waals surface area contributed by atoms with Gasteiger partial charge in [-0.1, -0.05) is 0 Å². The van der Waals surface area contributed by atoms with Gasteiger partial charge in [0.25, 0.3) is 0 Å². The van der Waals surface area contributed by atoms with E-state index in [9.17, 15) is 0 Å². The predicted octanol–water partition coefficient (Wildman–Crippen LogP) is 1.86. The minimum atomic E-state index is 0.350. The van der Waals surface area contributed by atoms with Crippen LogP contribution in [0.4, 0.5) is 0 Å². The van der Waals surface area contributed by atoms with Crippen LogP contribution in [0.15, 0.2) is 0 Å². The van der Waals surface area contributed by atoms with E-state index in [4.69, 9.17) is 0 Å². The molecule has 1 N–H and O–H groups in total. The largest absolute Gasteiger partial charge is 0.317 e. The molecule has 0 aromatic heterocycles. The molecule has 0 spiro atoms. The maximum atomic E-state index is 3.39. The summed E-state index contributed by atoms with van der Waals surface area (Å²) in [5, 5.41) is 3.39. The summed E-state index contributed by atoms with van der Waals surface area (Å²) in [5.41, 5.74) is 0.350. The zero-order valence-corrected chi connectivity index (χ0v) is 9.56. The number of hydrogen-bond acceptors (Lipinski definition) is 2. The molecule has 0 aromatic rings. The molecular formula is C11H24N2. The van der Waals surface area contributed by atoms with Crippen molar-refractivity contribution in [1.29, 1.82) is 0 Å². The average molecular weight is 184 g/mol. The summed E-state index contributed by atoms with van der Waals surface area (Å²) in [6.07, 6.45) is 3.97. The van der Waals surface area contributed by atoms with Gasteiger partial charge < -0.3 is 5.32 Å². The quantitative estimate of drug-likeness (QED) is 0.669. The van der Waals surface area contributed by atoms with E-state index in [0.717, 1.165) is 6.04 Å². The van der Waals surface area contributed by atoms with Crippen LogP contribution in [0.3, 0.4) is 0 Å². The van der Waals surface area contributed by atoms with Crippen LogP contribution in [0.2, 0.25) is 0 Å². The lowest BCUT2D eigenvalue weighted by molar-refractivity contribution is 0.141. The Hall–Kier alpha value is -0.0800. The Morgan fingerprint density at radius 3 is 2.38 bits per heavy atom. The Balaban J connectivity index is 2.45. The highest BCUT2D eigenvalue weighted by Crippen LogP contribution is 2.19. The van der Waals surface area contributed by atoms with Crippen molar-refractivity contribution in [2.75, 3.05) is 20.1 Å². The summed E-state index contributed by atoms with van der Waals surface area (Å²) in [6, 6.07) is 0.743. The third-order valence-electron chi connectivity index (χ3n) is 3.09. The van der Waals surface area contributed by atoms with E-state index < -0.39 is 0 Å². The van der Waals surface area contributed by atoms with Gasteiger partial charge in [0.2, 0.25) is 0 Å². The molecular weight excluding hydrogens is 160 g/mol. The Bertz CT molecular complexity index is 149. The highest BCUT2D eigenvalue weighted by atomic mass is 15.2. The normalized spacial score (nSPS) is 27.2. The number of rotatable bonds is 1. The Kier molecular flexibility index (Phi) is 3.74. The molecule has 0 aromatic carbocycles. The predicted molar refractivity (Wildman–Crippen MR) is 58.0 cm³/mol. The summed E-state index contributed by atoms with van der Waals surface area (Å²) in [6.45, 7) is 9.45. The highest BCUT2D eigenvalue weighted by Gasteiger charge is 2.24. The van der Waals surface area contributed by atoms with Crippen molar-refractivity contribution in [3.05, 3.63) is 0 Å². The lowest BCUT2D eigenvalue weighted by Gasteiger charge is -2.34. The average Bonchev–Trinajstić information content (AvgIpc) is 2.26. The molecule has 0 aliphatic carbocycles. The fraction of sp³-hybridized carbons (Fsp3) is 1.00. The summed E-state index contributed by atoms with van der Waals surface area (Å²) in [7, 11) is 2.08. The molecule has 13 heavy (non-hydrogen) atoms. The van der Waals surface area contributed by atoms with Crippen molar-refractivity contribution in [1.82, 2.24) is 10.2 Å². The van der Waals surface area contributed by atoms with Crippen LogP contribution in [-0.2, 0) is 0 Å². The fourth-order valence-electron chi connectivity index (χ4n) is 2.06. The minimum absolute atomic E-state index is 0.350. The van der Waals surface area contributed by atoms with Gasteiger partial charge in [-0.2, -0.15) is 0 Å². The highest BCUT2D eigenvalue weighted by molar-refractivity contribution is 4.81. The number of nitrogens with one attached hydrogen (secondary N) is 1. The third-order valence-corrected chi connectivity index (χ3v) is 3.09. The monoisotopic (exact) mass is 184 g/mol. The van der Waals surface area contributed by atoms with Gasteiger partial charge in [-0.3, -0.25) is 4.90 Å².